The van der Waals surface area contributed by atoms with E-state index in [1.807, 2.05) is 94.0 Å². The molecule has 1 N–H and O–H groups in total. The fraction of sp³-hybridized carbons (Fsp3) is 0.128. The van der Waals surface area contributed by atoms with Crippen LogP contribution in [0.3, 0.4) is 0 Å². The zero-order valence-corrected chi connectivity index (χ0v) is 28.1. The third-order valence-electron chi connectivity index (χ3n) is 8.06. The largest absolute Gasteiger partial charge is 0.476 e. The van der Waals surface area contributed by atoms with E-state index in [-0.39, 0.29) is 13.1 Å². The van der Waals surface area contributed by atoms with Gasteiger partial charge in [-0.1, -0.05) is 54.9 Å². The van der Waals surface area contributed by atoms with Gasteiger partial charge in [0.2, 0.25) is 0 Å². The Kier molecular flexibility index (Phi) is 10.3. The van der Waals surface area contributed by atoms with Crippen LogP contribution in [-0.2, 0) is 17.6 Å². The molecule has 10 nitrogen and oxygen atoms in total. The lowest BCUT2D eigenvalue weighted by molar-refractivity contribution is 0.0521. The minimum absolute atomic E-state index is 0. The number of pyridine rings is 4. The highest BCUT2D eigenvalue weighted by Gasteiger charge is 2.19. The first-order valence-corrected chi connectivity index (χ1v) is 16.4. The maximum atomic E-state index is 12.2. The van der Waals surface area contributed by atoms with Gasteiger partial charge in [0.15, 0.2) is 11.4 Å². The lowest BCUT2D eigenvalue weighted by atomic mass is 10.1. The van der Waals surface area contributed by atoms with Crippen molar-refractivity contribution in [2.24, 2.45) is 0 Å². The molecule has 8 rings (SSSR count). The molecule has 0 bridgehead atoms. The quantitative estimate of drug-likeness (QED) is 0.162. The number of fused-ring (bicyclic) bond motifs is 4. The predicted molar refractivity (Wildman–Crippen MR) is 199 cm³/mol. The second-order valence-corrected chi connectivity index (χ2v) is 12.3. The van der Waals surface area contributed by atoms with Crippen molar-refractivity contribution in [1.82, 2.24) is 28.7 Å². The lowest BCUT2D eigenvalue weighted by Gasteiger charge is -2.04. The molecule has 0 aliphatic carbocycles. The van der Waals surface area contributed by atoms with Crippen molar-refractivity contribution in [1.29, 1.82) is 0 Å². The van der Waals surface area contributed by atoms with Crippen LogP contribution in [-0.4, -0.2) is 52.4 Å². The molecule has 0 saturated carbocycles. The number of halogens is 2. The van der Waals surface area contributed by atoms with Gasteiger partial charge < -0.3 is 18.6 Å². The molecule has 0 atom stereocenters. The number of rotatable bonds is 7. The first kappa shape index (κ1) is 35.0. The number of aromatic carboxylic acids is 1. The zero-order valence-electron chi connectivity index (χ0n) is 26.6. The van der Waals surface area contributed by atoms with Crippen molar-refractivity contribution in [3.8, 4) is 0 Å². The highest BCUT2D eigenvalue weighted by Crippen LogP contribution is 2.23. The minimum Gasteiger partial charge on any atom is -0.476 e. The molecule has 0 spiro atoms. The molecule has 0 fully saturated rings. The Morgan fingerprint density at radius 3 is 1.69 bits per heavy atom. The summed E-state index contributed by atoms with van der Waals surface area (Å²) in [5.74, 6) is 0.0201. The van der Waals surface area contributed by atoms with Gasteiger partial charge >= 0.3 is 11.9 Å². The highest BCUT2D eigenvalue weighted by atomic mass is 35.5. The SMILES string of the molecule is C.CCOC(=O)c1nc(Cc2ccc3ncc(Cl)cc3c2)n2ccccc12.O=C(O)c1nc(Cc2ccc3ncc(Cl)cc3c2)n2ccccc12. The van der Waals surface area contributed by atoms with E-state index < -0.39 is 11.9 Å². The van der Waals surface area contributed by atoms with Crippen molar-refractivity contribution < 1.29 is 19.4 Å². The second-order valence-electron chi connectivity index (χ2n) is 11.4. The molecule has 6 heterocycles. The molecule has 12 heteroatoms. The van der Waals surface area contributed by atoms with Crippen molar-refractivity contribution in [3.05, 3.63) is 154 Å². The van der Waals surface area contributed by atoms with Crippen molar-refractivity contribution in [2.75, 3.05) is 6.61 Å². The first-order valence-electron chi connectivity index (χ1n) is 15.7. The number of carboxylic acids is 1. The number of benzene rings is 2. The second kappa shape index (κ2) is 15.0. The Bertz CT molecular complexity index is 2560. The number of imidazole rings is 2. The van der Waals surface area contributed by atoms with Gasteiger partial charge in [-0.3, -0.25) is 9.97 Å². The maximum absolute atomic E-state index is 12.2. The number of ether oxygens (including phenoxy) is 1. The molecule has 2 aromatic carbocycles. The van der Waals surface area contributed by atoms with Crippen LogP contribution in [0.1, 0.15) is 58.1 Å². The van der Waals surface area contributed by atoms with Crippen LogP contribution in [0.5, 0.6) is 0 Å². The summed E-state index contributed by atoms with van der Waals surface area (Å²) in [5.41, 5.74) is 5.56. The number of carbonyl (C=O) groups is 2. The molecule has 0 unspecified atom stereocenters. The van der Waals surface area contributed by atoms with E-state index in [0.29, 0.717) is 46.5 Å². The van der Waals surface area contributed by atoms with Crippen LogP contribution in [0.15, 0.2) is 110 Å². The van der Waals surface area contributed by atoms with Crippen LogP contribution in [0.25, 0.3) is 32.8 Å². The maximum Gasteiger partial charge on any atom is 0.359 e. The average Bonchev–Trinajstić information content (AvgIpc) is 3.67. The van der Waals surface area contributed by atoms with Gasteiger partial charge in [-0.2, -0.15) is 0 Å². The highest BCUT2D eigenvalue weighted by molar-refractivity contribution is 6.31. The molecule has 0 radical (unpaired) electrons. The third-order valence-corrected chi connectivity index (χ3v) is 8.48. The Morgan fingerprint density at radius 1 is 0.706 bits per heavy atom. The molecular formula is C39H32Cl2N6O4. The smallest absolute Gasteiger partial charge is 0.359 e. The Balaban J connectivity index is 0.000000173. The van der Waals surface area contributed by atoms with E-state index in [1.165, 1.54) is 0 Å². The first-order chi connectivity index (χ1) is 24.3. The van der Waals surface area contributed by atoms with Crippen molar-refractivity contribution in [2.45, 2.75) is 27.2 Å². The van der Waals surface area contributed by atoms with E-state index >= 15 is 0 Å². The molecule has 256 valence electrons. The van der Waals surface area contributed by atoms with Crippen LogP contribution in [0, 0.1) is 0 Å². The number of carbonyl (C=O) groups excluding carboxylic acids is 1. The van der Waals surface area contributed by atoms with Gasteiger partial charge in [0.1, 0.15) is 11.6 Å². The summed E-state index contributed by atoms with van der Waals surface area (Å²) in [6, 6.07) is 26.7. The van der Waals surface area contributed by atoms with Gasteiger partial charge in [-0.05, 0) is 78.7 Å². The molecular weight excluding hydrogens is 687 g/mol. The average molecular weight is 720 g/mol. The van der Waals surface area contributed by atoms with E-state index in [9.17, 15) is 14.7 Å². The fourth-order valence-electron chi connectivity index (χ4n) is 5.85. The third kappa shape index (κ3) is 7.38. The Labute approximate surface area is 302 Å². The normalized spacial score (nSPS) is 11.0. The number of hydrogen-bond donors (Lipinski definition) is 1. The number of esters is 1. The van der Waals surface area contributed by atoms with Gasteiger partial charge in [-0.25, -0.2) is 19.6 Å². The van der Waals surface area contributed by atoms with E-state index in [4.69, 9.17) is 27.9 Å². The zero-order chi connectivity index (χ0) is 34.8. The van der Waals surface area contributed by atoms with E-state index in [0.717, 1.165) is 44.3 Å². The fourth-order valence-corrected chi connectivity index (χ4v) is 6.19. The van der Waals surface area contributed by atoms with Gasteiger partial charge in [0.05, 0.1) is 38.7 Å². The number of carboxylic acid groups (broad SMARTS) is 1. The van der Waals surface area contributed by atoms with Crippen LogP contribution < -0.4 is 0 Å². The molecule has 0 aliphatic heterocycles. The standard InChI is InChI=1S/C20H16ClN3O2.C18H12ClN3O2.CH4/c1-2-26-20(25)19-17-5-3-4-8-24(17)18(23-19)10-13-6-7-16-14(9-13)11-15(21)12-22-16;19-13-9-12-7-11(4-5-14(12)20-10-13)8-16-21-17(18(23)24)15-3-1-2-6-22(15)16;/h3-9,11-12H,2,10H2,1H3;1-7,9-10H,8H2,(H,23,24);1H4. The molecule has 6 aromatic heterocycles. The summed E-state index contributed by atoms with van der Waals surface area (Å²) in [6.07, 6.45) is 8.07. The van der Waals surface area contributed by atoms with Crippen LogP contribution in [0.4, 0.5) is 0 Å². The van der Waals surface area contributed by atoms with Gasteiger partial charge in [0, 0.05) is 48.4 Å². The Hall–Kier alpha value is -5.84. The van der Waals surface area contributed by atoms with Crippen LogP contribution in [0.2, 0.25) is 10.0 Å². The number of aromatic nitrogens is 6. The summed E-state index contributed by atoms with van der Waals surface area (Å²) in [6.45, 7) is 2.10. The van der Waals surface area contributed by atoms with E-state index in [2.05, 4.69) is 19.9 Å². The van der Waals surface area contributed by atoms with E-state index in [1.54, 1.807) is 31.5 Å². The summed E-state index contributed by atoms with van der Waals surface area (Å²) in [4.78, 5) is 41.0. The topological polar surface area (TPSA) is 124 Å². The summed E-state index contributed by atoms with van der Waals surface area (Å²) < 4.78 is 8.87. The van der Waals surface area contributed by atoms with Gasteiger partial charge in [0.25, 0.3) is 0 Å². The molecule has 0 aliphatic rings. The summed E-state index contributed by atoms with van der Waals surface area (Å²) >= 11 is 12.1. The minimum atomic E-state index is -1.03. The summed E-state index contributed by atoms with van der Waals surface area (Å²) in [5, 5.41) is 12.4. The number of nitrogens with zero attached hydrogens (tertiary/aromatic N) is 6. The van der Waals surface area contributed by atoms with Crippen LogP contribution >= 0.6 is 23.2 Å². The lowest BCUT2D eigenvalue weighted by Crippen LogP contribution is -2.05. The predicted octanol–water partition coefficient (Wildman–Crippen LogP) is 8.76. The molecule has 51 heavy (non-hydrogen) atoms. The van der Waals surface area contributed by atoms with Crippen molar-refractivity contribution >= 4 is 68.0 Å². The van der Waals surface area contributed by atoms with Gasteiger partial charge in [-0.15, -0.1) is 0 Å². The summed E-state index contributed by atoms with van der Waals surface area (Å²) in [7, 11) is 0. The monoisotopic (exact) mass is 718 g/mol. The molecule has 8 aromatic rings. The Morgan fingerprint density at radius 2 is 1.20 bits per heavy atom. The molecule has 0 amide bonds. The van der Waals surface area contributed by atoms with Crippen molar-refractivity contribution in [3.63, 3.8) is 0 Å². The molecule has 0 saturated heterocycles. The number of hydrogen-bond acceptors (Lipinski definition) is 7.